The maximum Gasteiger partial charge on any atom is 0.194 e. The third kappa shape index (κ3) is 4.22. The van der Waals surface area contributed by atoms with E-state index < -0.39 is 0 Å². The van der Waals surface area contributed by atoms with Crippen molar-refractivity contribution >= 4 is 5.96 Å². The summed E-state index contributed by atoms with van der Waals surface area (Å²) >= 11 is 0. The van der Waals surface area contributed by atoms with E-state index >= 15 is 0 Å². The van der Waals surface area contributed by atoms with E-state index in [4.69, 9.17) is 4.74 Å². The number of benzene rings is 1. The molecule has 0 spiro atoms. The van der Waals surface area contributed by atoms with Gasteiger partial charge in [0, 0.05) is 38.4 Å². The standard InChI is InChI=1S/C22H33N5O/c1-6-19-18(20(7-2)26(5)25-19)14-24-22(23-4)27-12-13-28-21(15-27)17-11-9-8-10-16(17)3/h8-11,21H,6-7,12-15H2,1-5H3,(H,23,24). The van der Waals surface area contributed by atoms with Crippen LogP contribution in [0.25, 0.3) is 0 Å². The Kier molecular flexibility index (Phi) is 6.73. The molecule has 0 bridgehead atoms. The van der Waals surface area contributed by atoms with E-state index in [9.17, 15) is 0 Å². The molecule has 6 nitrogen and oxygen atoms in total. The Morgan fingerprint density at radius 3 is 2.75 bits per heavy atom. The molecule has 1 atom stereocenters. The molecule has 1 aromatic heterocycles. The van der Waals surface area contributed by atoms with E-state index in [-0.39, 0.29) is 6.10 Å². The van der Waals surface area contributed by atoms with Gasteiger partial charge in [-0.25, -0.2) is 0 Å². The molecule has 1 saturated heterocycles. The Morgan fingerprint density at radius 1 is 1.29 bits per heavy atom. The van der Waals surface area contributed by atoms with Gasteiger partial charge in [0.25, 0.3) is 0 Å². The molecule has 0 saturated carbocycles. The molecule has 1 N–H and O–H groups in total. The largest absolute Gasteiger partial charge is 0.370 e. The molecule has 1 aliphatic heterocycles. The molecule has 1 fully saturated rings. The summed E-state index contributed by atoms with van der Waals surface area (Å²) in [6.07, 6.45) is 1.99. The van der Waals surface area contributed by atoms with Gasteiger partial charge in [0.15, 0.2) is 5.96 Å². The van der Waals surface area contributed by atoms with E-state index in [0.717, 1.165) is 38.4 Å². The van der Waals surface area contributed by atoms with Crippen molar-refractivity contribution in [1.29, 1.82) is 0 Å². The van der Waals surface area contributed by atoms with Crippen LogP contribution in [0.4, 0.5) is 0 Å². The summed E-state index contributed by atoms with van der Waals surface area (Å²) < 4.78 is 8.09. The van der Waals surface area contributed by atoms with Gasteiger partial charge in [0.2, 0.25) is 0 Å². The number of hydrogen-bond acceptors (Lipinski definition) is 3. The van der Waals surface area contributed by atoms with Crippen LogP contribution in [0.15, 0.2) is 29.3 Å². The molecular weight excluding hydrogens is 350 g/mol. The van der Waals surface area contributed by atoms with Crippen molar-refractivity contribution in [2.24, 2.45) is 12.0 Å². The van der Waals surface area contributed by atoms with Gasteiger partial charge in [-0.3, -0.25) is 9.67 Å². The van der Waals surface area contributed by atoms with Crippen LogP contribution in [-0.2, 0) is 31.2 Å². The monoisotopic (exact) mass is 383 g/mol. The fraction of sp³-hybridized carbons (Fsp3) is 0.545. The molecule has 2 aromatic rings. The van der Waals surface area contributed by atoms with Crippen LogP contribution in [0.1, 0.15) is 48.0 Å². The topological polar surface area (TPSA) is 54.7 Å². The maximum absolute atomic E-state index is 6.07. The molecule has 2 heterocycles. The molecule has 0 aliphatic carbocycles. The summed E-state index contributed by atoms with van der Waals surface area (Å²) in [5.74, 6) is 0.926. The van der Waals surface area contributed by atoms with Crippen molar-refractivity contribution in [3.63, 3.8) is 0 Å². The van der Waals surface area contributed by atoms with Gasteiger partial charge in [-0.05, 0) is 30.9 Å². The lowest BCUT2D eigenvalue weighted by atomic mass is 10.0. The first-order valence-electron chi connectivity index (χ1n) is 10.2. The number of ether oxygens (including phenoxy) is 1. The van der Waals surface area contributed by atoms with Crippen LogP contribution < -0.4 is 5.32 Å². The molecule has 1 aliphatic rings. The summed E-state index contributed by atoms with van der Waals surface area (Å²) in [4.78, 5) is 6.84. The molecule has 0 radical (unpaired) electrons. The highest BCUT2D eigenvalue weighted by molar-refractivity contribution is 5.80. The number of nitrogens with one attached hydrogen (secondary N) is 1. The SMILES string of the molecule is CCc1nn(C)c(CC)c1CNC(=NC)N1CCOC(c2ccccc2C)C1. The second kappa shape index (κ2) is 9.24. The number of aliphatic imine (C=N–C) groups is 1. The molecule has 1 unspecified atom stereocenters. The van der Waals surface area contributed by atoms with Crippen molar-refractivity contribution in [3.8, 4) is 0 Å². The maximum atomic E-state index is 6.07. The Labute approximate surface area is 168 Å². The summed E-state index contributed by atoms with van der Waals surface area (Å²) in [6.45, 7) is 9.59. The predicted octanol–water partition coefficient (Wildman–Crippen LogP) is 3.00. The molecule has 1 aromatic carbocycles. The normalized spacial score (nSPS) is 17.8. The van der Waals surface area contributed by atoms with Gasteiger partial charge in [-0.2, -0.15) is 5.10 Å². The third-order valence-corrected chi connectivity index (χ3v) is 5.56. The van der Waals surface area contributed by atoms with Crippen LogP contribution in [-0.4, -0.2) is 47.4 Å². The lowest BCUT2D eigenvalue weighted by Gasteiger charge is -2.35. The van der Waals surface area contributed by atoms with Crippen molar-refractivity contribution in [2.45, 2.75) is 46.3 Å². The minimum atomic E-state index is 0.0734. The fourth-order valence-corrected chi connectivity index (χ4v) is 4.07. The van der Waals surface area contributed by atoms with Crippen molar-refractivity contribution < 1.29 is 4.74 Å². The molecule has 152 valence electrons. The van der Waals surface area contributed by atoms with Gasteiger partial charge in [-0.15, -0.1) is 0 Å². The van der Waals surface area contributed by atoms with Crippen molar-refractivity contribution in [3.05, 3.63) is 52.3 Å². The van der Waals surface area contributed by atoms with Gasteiger partial charge >= 0.3 is 0 Å². The zero-order valence-corrected chi connectivity index (χ0v) is 17.8. The van der Waals surface area contributed by atoms with Gasteiger partial charge < -0.3 is 15.0 Å². The molecule has 6 heteroatoms. The Morgan fingerprint density at radius 2 is 2.07 bits per heavy atom. The highest BCUT2D eigenvalue weighted by Crippen LogP contribution is 2.25. The van der Waals surface area contributed by atoms with E-state index in [1.54, 1.807) is 0 Å². The van der Waals surface area contributed by atoms with E-state index in [0.29, 0.717) is 6.61 Å². The average molecular weight is 384 g/mol. The summed E-state index contributed by atoms with van der Waals surface area (Å²) in [5, 5.41) is 8.25. The number of hydrogen-bond donors (Lipinski definition) is 1. The number of guanidine groups is 1. The lowest BCUT2D eigenvalue weighted by Crippen LogP contribution is -2.48. The van der Waals surface area contributed by atoms with E-state index in [2.05, 4.69) is 65.3 Å². The highest BCUT2D eigenvalue weighted by atomic mass is 16.5. The second-order valence-electron chi connectivity index (χ2n) is 7.27. The highest BCUT2D eigenvalue weighted by Gasteiger charge is 2.25. The lowest BCUT2D eigenvalue weighted by molar-refractivity contribution is -0.00834. The average Bonchev–Trinajstić information content (AvgIpc) is 3.03. The molecular formula is C22H33N5O. The Bertz CT molecular complexity index is 826. The molecule has 3 rings (SSSR count). The molecule has 0 amide bonds. The van der Waals surface area contributed by atoms with Crippen molar-refractivity contribution in [1.82, 2.24) is 20.0 Å². The minimum absolute atomic E-state index is 0.0734. The first-order chi connectivity index (χ1) is 13.6. The van der Waals surface area contributed by atoms with Crippen molar-refractivity contribution in [2.75, 3.05) is 26.7 Å². The number of nitrogens with zero attached hydrogens (tertiary/aromatic N) is 4. The Balaban J connectivity index is 1.71. The number of rotatable bonds is 5. The summed E-state index contributed by atoms with van der Waals surface area (Å²) in [7, 11) is 3.89. The second-order valence-corrected chi connectivity index (χ2v) is 7.27. The third-order valence-electron chi connectivity index (χ3n) is 5.56. The van der Waals surface area contributed by atoms with Crippen LogP contribution in [0, 0.1) is 6.92 Å². The van der Waals surface area contributed by atoms with Gasteiger partial charge in [0.1, 0.15) is 6.10 Å². The predicted molar refractivity (Wildman–Crippen MR) is 114 cm³/mol. The summed E-state index contributed by atoms with van der Waals surface area (Å²) in [6, 6.07) is 8.46. The first kappa shape index (κ1) is 20.4. The van der Waals surface area contributed by atoms with Crippen LogP contribution in [0.5, 0.6) is 0 Å². The Hall–Kier alpha value is -2.34. The number of aryl methyl sites for hydroxylation is 3. The van der Waals surface area contributed by atoms with E-state index in [1.807, 2.05) is 18.8 Å². The number of aromatic nitrogens is 2. The van der Waals surface area contributed by atoms with Gasteiger partial charge in [0.05, 0.1) is 18.8 Å². The van der Waals surface area contributed by atoms with Crippen LogP contribution in [0.2, 0.25) is 0 Å². The minimum Gasteiger partial charge on any atom is -0.370 e. The van der Waals surface area contributed by atoms with Crippen LogP contribution >= 0.6 is 0 Å². The van der Waals surface area contributed by atoms with Gasteiger partial charge in [-0.1, -0.05) is 38.1 Å². The zero-order valence-electron chi connectivity index (χ0n) is 17.8. The number of morpholine rings is 1. The van der Waals surface area contributed by atoms with E-state index in [1.165, 1.54) is 28.1 Å². The smallest absolute Gasteiger partial charge is 0.194 e. The van der Waals surface area contributed by atoms with Crippen LogP contribution in [0.3, 0.4) is 0 Å². The summed E-state index contributed by atoms with van der Waals surface area (Å²) in [5.41, 5.74) is 6.29. The quantitative estimate of drug-likeness (QED) is 0.637. The zero-order chi connectivity index (χ0) is 20.1. The molecule has 28 heavy (non-hydrogen) atoms. The fourth-order valence-electron chi connectivity index (χ4n) is 4.07. The first-order valence-corrected chi connectivity index (χ1v) is 10.2.